The maximum absolute atomic E-state index is 13.8. The average Bonchev–Trinajstić information content (AvgIpc) is 3.60. The summed E-state index contributed by atoms with van der Waals surface area (Å²) in [7, 11) is -3.73. The molecule has 6 rings (SSSR count). The Morgan fingerprint density at radius 3 is 2.64 bits per heavy atom. The van der Waals surface area contributed by atoms with E-state index in [4.69, 9.17) is 9.52 Å². The van der Waals surface area contributed by atoms with Crippen LogP contribution >= 0.6 is 0 Å². The number of nitrogens with zero attached hydrogens (tertiary/aromatic N) is 5. The van der Waals surface area contributed by atoms with Gasteiger partial charge in [-0.05, 0) is 67.4 Å². The van der Waals surface area contributed by atoms with Gasteiger partial charge in [0, 0.05) is 47.7 Å². The van der Waals surface area contributed by atoms with Crippen LogP contribution in [0.15, 0.2) is 81.4 Å². The van der Waals surface area contributed by atoms with Gasteiger partial charge in [-0.2, -0.15) is 9.78 Å². The summed E-state index contributed by atoms with van der Waals surface area (Å²) in [5.41, 5.74) is 3.31. The van der Waals surface area contributed by atoms with E-state index in [1.54, 1.807) is 30.5 Å². The first kappa shape index (κ1) is 25.0. The minimum atomic E-state index is -3.73. The number of oxazole rings is 1. The molecule has 1 aliphatic rings. The Morgan fingerprint density at radius 1 is 1.10 bits per heavy atom. The molecule has 1 aliphatic heterocycles. The van der Waals surface area contributed by atoms with Gasteiger partial charge >= 0.3 is 0 Å². The molecule has 1 fully saturated rings. The molecule has 4 heterocycles. The third kappa shape index (κ3) is 4.59. The molecule has 198 valence electrons. The number of sulfone groups is 1. The van der Waals surface area contributed by atoms with E-state index in [9.17, 15) is 18.3 Å². The Labute approximate surface area is 224 Å². The van der Waals surface area contributed by atoms with Gasteiger partial charge in [-0.3, -0.25) is 9.78 Å². The van der Waals surface area contributed by atoms with Crippen LogP contribution in [0, 0.1) is 6.92 Å². The normalized spacial score (nSPS) is 15.8. The third-order valence-electron chi connectivity index (χ3n) is 6.82. The van der Waals surface area contributed by atoms with Crippen molar-refractivity contribution in [3.8, 4) is 28.3 Å². The van der Waals surface area contributed by atoms with Gasteiger partial charge in [0.1, 0.15) is 11.2 Å². The van der Waals surface area contributed by atoms with Gasteiger partial charge in [-0.25, -0.2) is 13.4 Å². The number of benzene rings is 2. The van der Waals surface area contributed by atoms with Gasteiger partial charge in [0.25, 0.3) is 5.56 Å². The second-order valence-corrected chi connectivity index (χ2v) is 11.7. The van der Waals surface area contributed by atoms with E-state index < -0.39 is 21.5 Å². The highest BCUT2D eigenvalue weighted by molar-refractivity contribution is 7.90. The molecule has 3 aromatic heterocycles. The van der Waals surface area contributed by atoms with Crippen molar-refractivity contribution in [2.75, 3.05) is 24.2 Å². The van der Waals surface area contributed by atoms with Crippen LogP contribution < -0.4 is 10.5 Å². The maximum Gasteiger partial charge on any atom is 0.298 e. The van der Waals surface area contributed by atoms with Gasteiger partial charge in [0.05, 0.1) is 22.9 Å². The Balaban J connectivity index is 1.63. The SMILES string of the molecule is Cc1cc(-c2cnco2)cc(-c2nn(-c3cc(N4CC[C@H](O)C4)ccc3S(C)(=O)=O)c(=O)c3ncccc23)c1. The van der Waals surface area contributed by atoms with Crippen molar-refractivity contribution < 1.29 is 17.9 Å². The van der Waals surface area contributed by atoms with Crippen LogP contribution in [-0.2, 0) is 9.84 Å². The smallest absolute Gasteiger partial charge is 0.298 e. The summed E-state index contributed by atoms with van der Waals surface area (Å²) in [5.74, 6) is 0.579. The van der Waals surface area contributed by atoms with E-state index >= 15 is 0 Å². The molecule has 0 saturated carbocycles. The van der Waals surface area contributed by atoms with Gasteiger partial charge in [-0.1, -0.05) is 0 Å². The Hall–Kier alpha value is -4.35. The minimum Gasteiger partial charge on any atom is -0.444 e. The molecule has 1 saturated heterocycles. The van der Waals surface area contributed by atoms with Crippen molar-refractivity contribution in [2.45, 2.75) is 24.3 Å². The van der Waals surface area contributed by atoms with Crippen LogP contribution in [0.1, 0.15) is 12.0 Å². The number of aryl methyl sites for hydroxylation is 1. The number of rotatable bonds is 5. The van der Waals surface area contributed by atoms with Crippen LogP contribution in [0.5, 0.6) is 0 Å². The monoisotopic (exact) mass is 543 g/mol. The lowest BCUT2D eigenvalue weighted by atomic mass is 10.0. The summed E-state index contributed by atoms with van der Waals surface area (Å²) in [5, 5.41) is 15.3. The first-order chi connectivity index (χ1) is 18.7. The number of aliphatic hydroxyl groups excluding tert-OH is 1. The number of hydrogen-bond donors (Lipinski definition) is 1. The summed E-state index contributed by atoms with van der Waals surface area (Å²) in [4.78, 5) is 24.0. The highest BCUT2D eigenvalue weighted by Crippen LogP contribution is 2.32. The molecule has 10 nitrogen and oxygen atoms in total. The number of hydrogen-bond acceptors (Lipinski definition) is 9. The Kier molecular flexibility index (Phi) is 6.04. The Morgan fingerprint density at radius 2 is 1.92 bits per heavy atom. The number of fused-ring (bicyclic) bond motifs is 1. The van der Waals surface area contributed by atoms with Crippen molar-refractivity contribution in [2.24, 2.45) is 0 Å². The molecule has 0 radical (unpaired) electrons. The van der Waals surface area contributed by atoms with Crippen LogP contribution in [0.4, 0.5) is 5.69 Å². The van der Waals surface area contributed by atoms with Gasteiger partial charge in [0.2, 0.25) is 0 Å². The second kappa shape index (κ2) is 9.44. The van der Waals surface area contributed by atoms with E-state index in [0.29, 0.717) is 47.6 Å². The van der Waals surface area contributed by atoms with Gasteiger partial charge in [0.15, 0.2) is 22.0 Å². The molecule has 0 unspecified atom stereocenters. The molecule has 0 spiro atoms. The van der Waals surface area contributed by atoms with Crippen molar-refractivity contribution in [3.63, 3.8) is 0 Å². The zero-order chi connectivity index (χ0) is 27.3. The first-order valence-corrected chi connectivity index (χ1v) is 14.2. The molecule has 0 amide bonds. The summed E-state index contributed by atoms with van der Waals surface area (Å²) in [6, 6.07) is 14.1. The lowest BCUT2D eigenvalue weighted by molar-refractivity contribution is 0.198. The molecule has 11 heteroatoms. The summed E-state index contributed by atoms with van der Waals surface area (Å²) in [6.45, 7) is 2.97. The fourth-order valence-corrected chi connectivity index (χ4v) is 5.86. The lowest BCUT2D eigenvalue weighted by Crippen LogP contribution is -2.26. The number of aromatic nitrogens is 4. The molecule has 5 aromatic rings. The number of anilines is 1. The van der Waals surface area contributed by atoms with E-state index in [1.807, 2.05) is 30.0 Å². The van der Waals surface area contributed by atoms with Gasteiger partial charge < -0.3 is 14.4 Å². The zero-order valence-electron chi connectivity index (χ0n) is 21.3. The van der Waals surface area contributed by atoms with Crippen molar-refractivity contribution in [1.29, 1.82) is 0 Å². The van der Waals surface area contributed by atoms with Crippen LogP contribution in [0.3, 0.4) is 0 Å². The highest BCUT2D eigenvalue weighted by atomic mass is 32.2. The second-order valence-electron chi connectivity index (χ2n) is 9.73. The van der Waals surface area contributed by atoms with Crippen LogP contribution in [0.25, 0.3) is 39.2 Å². The average molecular weight is 544 g/mol. The molecule has 0 aliphatic carbocycles. The van der Waals surface area contributed by atoms with Gasteiger partial charge in [-0.15, -0.1) is 0 Å². The number of β-amino-alcohol motifs (C(OH)–C–C–N with tert-alkyl or cyclic N) is 1. The quantitative estimate of drug-likeness (QED) is 0.354. The molecular weight excluding hydrogens is 518 g/mol. The molecule has 0 bridgehead atoms. The lowest BCUT2D eigenvalue weighted by Gasteiger charge is -2.20. The van der Waals surface area contributed by atoms with Crippen molar-refractivity contribution in [3.05, 3.63) is 83.2 Å². The summed E-state index contributed by atoms with van der Waals surface area (Å²) in [6.07, 6.45) is 5.72. The third-order valence-corrected chi connectivity index (χ3v) is 7.97. The standard InChI is InChI=1S/C28H25N5O5S/c1-17-10-18(24-14-29-16-38-24)12-19(11-17)26-22-4-3-8-30-27(22)28(35)33(31-26)23-13-20(32-9-7-21(34)15-32)5-6-25(23)39(2,36)37/h3-6,8,10-14,16,21,34H,7,9,15H2,1-2H3/t21-/m0/s1. The molecular formula is C28H25N5O5S. The molecule has 39 heavy (non-hydrogen) atoms. The minimum absolute atomic E-state index is 0.0339. The van der Waals surface area contributed by atoms with Crippen molar-refractivity contribution >= 4 is 26.4 Å². The van der Waals surface area contributed by atoms with E-state index in [2.05, 4.69) is 9.97 Å². The van der Waals surface area contributed by atoms with E-state index in [0.717, 1.165) is 22.1 Å². The molecule has 1 N–H and O–H groups in total. The predicted molar refractivity (Wildman–Crippen MR) is 147 cm³/mol. The number of aliphatic hydroxyl groups is 1. The summed E-state index contributed by atoms with van der Waals surface area (Å²) >= 11 is 0. The van der Waals surface area contributed by atoms with Crippen LogP contribution in [-0.4, -0.2) is 58.7 Å². The fraction of sp³-hybridized carbons (Fsp3) is 0.214. The topological polar surface area (TPSA) is 131 Å². The zero-order valence-corrected chi connectivity index (χ0v) is 22.1. The number of pyridine rings is 1. The maximum atomic E-state index is 13.8. The molecule has 1 atom stereocenters. The summed E-state index contributed by atoms with van der Waals surface area (Å²) < 4.78 is 32.3. The fourth-order valence-electron chi connectivity index (χ4n) is 5.02. The van der Waals surface area contributed by atoms with E-state index in [1.165, 1.54) is 18.7 Å². The highest BCUT2D eigenvalue weighted by Gasteiger charge is 2.25. The first-order valence-electron chi connectivity index (χ1n) is 12.4. The largest absolute Gasteiger partial charge is 0.444 e. The predicted octanol–water partition coefficient (Wildman–Crippen LogP) is 3.39. The van der Waals surface area contributed by atoms with Crippen LogP contribution in [0.2, 0.25) is 0 Å². The Bertz CT molecular complexity index is 1880. The van der Waals surface area contributed by atoms with Crippen molar-refractivity contribution in [1.82, 2.24) is 19.7 Å². The molecule has 2 aromatic carbocycles. The van der Waals surface area contributed by atoms with E-state index in [-0.39, 0.29) is 16.1 Å².